The molecule has 0 bridgehead atoms. The summed E-state index contributed by atoms with van der Waals surface area (Å²) in [5.74, 6) is -0.235. The molecular formula is C21H22N2O2. The van der Waals surface area contributed by atoms with E-state index in [1.165, 1.54) is 12.3 Å². The van der Waals surface area contributed by atoms with Crippen molar-refractivity contribution < 1.29 is 9.59 Å². The number of nitrogens with one attached hydrogen (secondary N) is 2. The van der Waals surface area contributed by atoms with E-state index in [1.807, 2.05) is 32.0 Å². The van der Waals surface area contributed by atoms with E-state index in [2.05, 4.69) is 34.6 Å². The topological polar surface area (TPSA) is 62.0 Å². The molecule has 0 saturated heterocycles. The largest absolute Gasteiger partial charge is 0.354 e. The van der Waals surface area contributed by atoms with Crippen molar-refractivity contribution in [2.24, 2.45) is 0 Å². The predicted molar refractivity (Wildman–Crippen MR) is 100 cm³/mol. The van der Waals surface area contributed by atoms with Crippen LogP contribution >= 0.6 is 0 Å². The summed E-state index contributed by atoms with van der Waals surface area (Å²) in [7, 11) is 0. The zero-order valence-corrected chi connectivity index (χ0v) is 14.9. The molecule has 1 heterocycles. The van der Waals surface area contributed by atoms with E-state index in [0.29, 0.717) is 16.8 Å². The number of H-pyrrole nitrogens is 1. The van der Waals surface area contributed by atoms with Crippen molar-refractivity contribution in [3.05, 3.63) is 70.5 Å². The van der Waals surface area contributed by atoms with Crippen LogP contribution < -0.4 is 5.32 Å². The standard InChI is InChI=1S/C21H22N2O2/c1-12-19(15(4)24)14(3)22-20(12)21(25)23-13(2)17-10-9-16-7-5-6-8-18(16)11-17/h5-11,13,22H,1-4H3,(H,23,25). The van der Waals surface area contributed by atoms with Crippen molar-refractivity contribution in [2.75, 3.05) is 0 Å². The van der Waals surface area contributed by atoms with Crippen molar-refractivity contribution >= 4 is 22.5 Å². The smallest absolute Gasteiger partial charge is 0.268 e. The van der Waals surface area contributed by atoms with Gasteiger partial charge in [-0.05, 0) is 55.7 Å². The molecule has 1 aromatic heterocycles. The first-order valence-electron chi connectivity index (χ1n) is 8.38. The summed E-state index contributed by atoms with van der Waals surface area (Å²) in [4.78, 5) is 27.4. The van der Waals surface area contributed by atoms with Crippen LogP contribution in [0.25, 0.3) is 10.8 Å². The third-order valence-corrected chi connectivity index (χ3v) is 4.64. The molecule has 0 fully saturated rings. The number of rotatable bonds is 4. The molecule has 0 spiro atoms. The third-order valence-electron chi connectivity index (χ3n) is 4.64. The van der Waals surface area contributed by atoms with Crippen molar-refractivity contribution in [1.29, 1.82) is 0 Å². The SMILES string of the molecule is CC(=O)c1c(C)[nH]c(C(=O)NC(C)c2ccc3ccccc3c2)c1C. The van der Waals surface area contributed by atoms with Crippen LogP contribution in [0.15, 0.2) is 42.5 Å². The highest BCUT2D eigenvalue weighted by Gasteiger charge is 2.21. The second-order valence-electron chi connectivity index (χ2n) is 6.48. The van der Waals surface area contributed by atoms with Gasteiger partial charge in [-0.1, -0.05) is 36.4 Å². The van der Waals surface area contributed by atoms with Gasteiger partial charge in [-0.3, -0.25) is 9.59 Å². The molecular weight excluding hydrogens is 312 g/mol. The Morgan fingerprint density at radius 2 is 1.72 bits per heavy atom. The molecule has 4 heteroatoms. The fraction of sp³-hybridized carbons (Fsp3) is 0.238. The summed E-state index contributed by atoms with van der Waals surface area (Å²) in [5, 5.41) is 5.33. The van der Waals surface area contributed by atoms with Crippen LogP contribution in [0.2, 0.25) is 0 Å². The number of benzene rings is 2. The number of carbonyl (C=O) groups excluding carboxylic acids is 2. The summed E-state index contributed by atoms with van der Waals surface area (Å²) in [6.45, 7) is 7.09. The van der Waals surface area contributed by atoms with Gasteiger partial charge in [0.05, 0.1) is 6.04 Å². The van der Waals surface area contributed by atoms with Gasteiger partial charge in [-0.15, -0.1) is 0 Å². The molecule has 1 atom stereocenters. The molecule has 4 nitrogen and oxygen atoms in total. The van der Waals surface area contributed by atoms with Gasteiger partial charge in [0.15, 0.2) is 5.78 Å². The van der Waals surface area contributed by atoms with Crippen molar-refractivity contribution in [3.8, 4) is 0 Å². The van der Waals surface area contributed by atoms with Crippen LogP contribution in [0.4, 0.5) is 0 Å². The van der Waals surface area contributed by atoms with Crippen LogP contribution in [-0.4, -0.2) is 16.7 Å². The number of amides is 1. The Bertz CT molecular complexity index is 969. The fourth-order valence-corrected chi connectivity index (χ4v) is 3.33. The zero-order chi connectivity index (χ0) is 18.1. The van der Waals surface area contributed by atoms with Gasteiger partial charge in [-0.25, -0.2) is 0 Å². The minimum Gasteiger partial charge on any atom is -0.354 e. The zero-order valence-electron chi connectivity index (χ0n) is 14.9. The van der Waals surface area contributed by atoms with E-state index < -0.39 is 0 Å². The lowest BCUT2D eigenvalue weighted by Crippen LogP contribution is -2.27. The second-order valence-corrected chi connectivity index (χ2v) is 6.48. The minimum absolute atomic E-state index is 0.0344. The minimum atomic E-state index is -0.200. The second kappa shape index (κ2) is 6.55. The first-order valence-corrected chi connectivity index (χ1v) is 8.38. The summed E-state index contributed by atoms with van der Waals surface area (Å²) in [5.41, 5.74) is 3.53. The Morgan fingerprint density at radius 3 is 2.36 bits per heavy atom. The lowest BCUT2D eigenvalue weighted by Gasteiger charge is -2.15. The first kappa shape index (κ1) is 17.0. The molecule has 0 aliphatic rings. The van der Waals surface area contributed by atoms with E-state index in [0.717, 1.165) is 16.6 Å². The maximum absolute atomic E-state index is 12.6. The highest BCUT2D eigenvalue weighted by atomic mass is 16.2. The van der Waals surface area contributed by atoms with Crippen molar-refractivity contribution in [3.63, 3.8) is 0 Å². The van der Waals surface area contributed by atoms with E-state index in [9.17, 15) is 9.59 Å². The molecule has 0 radical (unpaired) electrons. The first-order chi connectivity index (χ1) is 11.9. The van der Waals surface area contributed by atoms with Crippen LogP contribution in [0.5, 0.6) is 0 Å². The highest BCUT2D eigenvalue weighted by molar-refractivity contribution is 6.02. The van der Waals surface area contributed by atoms with Gasteiger partial charge in [0.25, 0.3) is 5.91 Å². The number of hydrogen-bond donors (Lipinski definition) is 2. The summed E-state index contributed by atoms with van der Waals surface area (Å²) in [6, 6.07) is 14.2. The van der Waals surface area contributed by atoms with E-state index in [1.54, 1.807) is 6.92 Å². The average molecular weight is 334 g/mol. The number of hydrogen-bond acceptors (Lipinski definition) is 2. The molecule has 128 valence electrons. The Morgan fingerprint density at radius 1 is 1.04 bits per heavy atom. The van der Waals surface area contributed by atoms with Crippen LogP contribution in [-0.2, 0) is 0 Å². The monoisotopic (exact) mass is 334 g/mol. The Labute approximate surface area is 147 Å². The number of ketones is 1. The van der Waals surface area contributed by atoms with Crippen molar-refractivity contribution in [2.45, 2.75) is 33.7 Å². The highest BCUT2D eigenvalue weighted by Crippen LogP contribution is 2.22. The lowest BCUT2D eigenvalue weighted by atomic mass is 10.0. The maximum atomic E-state index is 12.6. The molecule has 2 N–H and O–H groups in total. The fourth-order valence-electron chi connectivity index (χ4n) is 3.33. The number of aromatic amines is 1. The molecule has 0 saturated carbocycles. The average Bonchev–Trinajstić information content (AvgIpc) is 2.89. The van der Waals surface area contributed by atoms with Crippen molar-refractivity contribution in [1.82, 2.24) is 10.3 Å². The summed E-state index contributed by atoms with van der Waals surface area (Å²) >= 11 is 0. The number of aryl methyl sites for hydroxylation is 1. The molecule has 3 rings (SSSR count). The predicted octanol–water partition coefficient (Wildman–Crippen LogP) is 4.48. The molecule has 1 unspecified atom stereocenters. The molecule has 3 aromatic rings. The molecule has 25 heavy (non-hydrogen) atoms. The van der Waals surface area contributed by atoms with E-state index >= 15 is 0 Å². The van der Waals surface area contributed by atoms with Crippen LogP contribution in [0.3, 0.4) is 0 Å². The summed E-state index contributed by atoms with van der Waals surface area (Å²) < 4.78 is 0. The Kier molecular flexibility index (Phi) is 4.45. The molecule has 2 aromatic carbocycles. The van der Waals surface area contributed by atoms with E-state index in [-0.39, 0.29) is 17.7 Å². The number of Topliss-reactive ketones (excluding diaryl/α,β-unsaturated/α-hetero) is 1. The van der Waals surface area contributed by atoms with Crippen LogP contribution in [0, 0.1) is 13.8 Å². The van der Waals surface area contributed by atoms with Gasteiger partial charge in [-0.2, -0.15) is 0 Å². The lowest BCUT2D eigenvalue weighted by molar-refractivity contribution is 0.0934. The number of fused-ring (bicyclic) bond motifs is 1. The molecule has 0 aliphatic heterocycles. The maximum Gasteiger partial charge on any atom is 0.268 e. The van der Waals surface area contributed by atoms with Gasteiger partial charge >= 0.3 is 0 Å². The van der Waals surface area contributed by atoms with Gasteiger partial charge < -0.3 is 10.3 Å². The number of aromatic nitrogens is 1. The molecule has 0 aliphatic carbocycles. The van der Waals surface area contributed by atoms with Gasteiger partial charge in [0.2, 0.25) is 0 Å². The van der Waals surface area contributed by atoms with Gasteiger partial charge in [0.1, 0.15) is 5.69 Å². The quantitative estimate of drug-likeness (QED) is 0.691. The summed E-state index contributed by atoms with van der Waals surface area (Å²) in [6.07, 6.45) is 0. The number of carbonyl (C=O) groups is 2. The molecule has 1 amide bonds. The third kappa shape index (κ3) is 3.20. The Hall–Kier alpha value is -2.88. The normalized spacial score (nSPS) is 12.2. The van der Waals surface area contributed by atoms with Gasteiger partial charge in [0, 0.05) is 11.3 Å². The van der Waals surface area contributed by atoms with E-state index in [4.69, 9.17) is 0 Å². The Balaban J connectivity index is 1.84. The van der Waals surface area contributed by atoms with Crippen LogP contribution in [0.1, 0.15) is 57.6 Å².